The zero-order valence-corrected chi connectivity index (χ0v) is 11.8. The summed E-state index contributed by atoms with van der Waals surface area (Å²) in [5.41, 5.74) is 1.95. The molecule has 19 heavy (non-hydrogen) atoms. The fourth-order valence-corrected chi connectivity index (χ4v) is 3.23. The van der Waals surface area contributed by atoms with Gasteiger partial charge in [0, 0.05) is 5.69 Å². The predicted molar refractivity (Wildman–Crippen MR) is 68.8 cm³/mol. The number of aromatic nitrogens is 2. The van der Waals surface area contributed by atoms with Crippen molar-refractivity contribution in [2.45, 2.75) is 44.4 Å². The molecule has 1 aromatic rings. The highest BCUT2D eigenvalue weighted by molar-refractivity contribution is 5.10. The van der Waals surface area contributed by atoms with Crippen LogP contribution in [0.15, 0.2) is 6.07 Å². The number of aryl methyl sites for hydroxylation is 2. The van der Waals surface area contributed by atoms with E-state index in [2.05, 4.69) is 5.10 Å². The molecule has 2 aliphatic heterocycles. The molecular formula is C13H21N3O3. The van der Waals surface area contributed by atoms with Crippen LogP contribution < -0.4 is 0 Å². The highest BCUT2D eigenvalue weighted by Gasteiger charge is 2.52. The van der Waals surface area contributed by atoms with Gasteiger partial charge in [0.1, 0.15) is 12.1 Å². The molecule has 3 heterocycles. The summed E-state index contributed by atoms with van der Waals surface area (Å²) < 4.78 is 13.4. The summed E-state index contributed by atoms with van der Waals surface area (Å²) >= 11 is 0. The van der Waals surface area contributed by atoms with Gasteiger partial charge in [0.2, 0.25) is 0 Å². The van der Waals surface area contributed by atoms with Crippen molar-refractivity contribution in [1.29, 1.82) is 0 Å². The maximum Gasteiger partial charge on any atom is 0.183 e. The van der Waals surface area contributed by atoms with Gasteiger partial charge in [0.15, 0.2) is 6.29 Å². The lowest BCUT2D eigenvalue weighted by Gasteiger charge is -2.41. The van der Waals surface area contributed by atoms with Crippen molar-refractivity contribution < 1.29 is 14.6 Å². The Morgan fingerprint density at radius 3 is 2.74 bits per heavy atom. The van der Waals surface area contributed by atoms with E-state index in [1.165, 1.54) is 0 Å². The van der Waals surface area contributed by atoms with E-state index in [1.807, 2.05) is 43.6 Å². The van der Waals surface area contributed by atoms with E-state index in [0.29, 0.717) is 6.61 Å². The lowest BCUT2D eigenvalue weighted by atomic mass is 9.95. The van der Waals surface area contributed by atoms with Gasteiger partial charge < -0.3 is 19.5 Å². The molecular weight excluding hydrogens is 246 g/mol. The van der Waals surface area contributed by atoms with Crippen LogP contribution in [0.3, 0.4) is 0 Å². The van der Waals surface area contributed by atoms with Crippen LogP contribution in [0.25, 0.3) is 0 Å². The number of fused-ring (bicyclic) bond motifs is 2. The van der Waals surface area contributed by atoms with Crippen molar-refractivity contribution >= 4 is 0 Å². The van der Waals surface area contributed by atoms with Crippen LogP contribution in [0.5, 0.6) is 0 Å². The summed E-state index contributed by atoms with van der Waals surface area (Å²) in [6.45, 7) is 4.46. The molecule has 0 unspecified atom stereocenters. The Morgan fingerprint density at radius 2 is 2.16 bits per heavy atom. The molecule has 2 aliphatic rings. The average molecular weight is 267 g/mol. The van der Waals surface area contributed by atoms with Crippen LogP contribution in [-0.4, -0.2) is 65.0 Å². The van der Waals surface area contributed by atoms with E-state index < -0.39 is 12.4 Å². The highest BCUT2D eigenvalue weighted by atomic mass is 16.7. The van der Waals surface area contributed by atoms with E-state index >= 15 is 0 Å². The van der Waals surface area contributed by atoms with Crippen LogP contribution in [0, 0.1) is 13.8 Å². The second kappa shape index (κ2) is 4.56. The van der Waals surface area contributed by atoms with Crippen molar-refractivity contribution in [3.8, 4) is 0 Å². The minimum absolute atomic E-state index is 0.0665. The molecule has 0 aliphatic carbocycles. The lowest BCUT2D eigenvalue weighted by Crippen LogP contribution is -2.57. The van der Waals surface area contributed by atoms with Gasteiger partial charge >= 0.3 is 0 Å². The number of nitrogens with zero attached hydrogens (tertiary/aromatic N) is 3. The Kier molecular flexibility index (Phi) is 3.13. The maximum absolute atomic E-state index is 10.7. The van der Waals surface area contributed by atoms with Crippen LogP contribution in [0.4, 0.5) is 0 Å². The number of ether oxygens (including phenoxy) is 2. The Bertz CT molecular complexity index is 474. The molecule has 1 aromatic heterocycles. The molecule has 2 bridgehead atoms. The molecule has 1 N–H and O–H groups in total. The largest absolute Gasteiger partial charge is 0.389 e. The number of likely N-dealkylation sites (N-methyl/N-ethyl adjacent to an activating group) is 1. The van der Waals surface area contributed by atoms with Crippen LogP contribution in [0.2, 0.25) is 0 Å². The van der Waals surface area contributed by atoms with Crippen molar-refractivity contribution in [3.05, 3.63) is 17.5 Å². The first kappa shape index (κ1) is 13.1. The number of hydrogen-bond donors (Lipinski definition) is 1. The summed E-state index contributed by atoms with van der Waals surface area (Å²) in [6.07, 6.45) is -1.03. The zero-order valence-electron chi connectivity index (χ0n) is 11.8. The maximum atomic E-state index is 10.7. The van der Waals surface area contributed by atoms with Crippen LogP contribution >= 0.6 is 0 Å². The number of aliphatic hydroxyl groups is 1. The Morgan fingerprint density at radius 1 is 1.42 bits per heavy atom. The summed E-state index contributed by atoms with van der Waals surface area (Å²) in [5.74, 6) is 0. The van der Waals surface area contributed by atoms with Crippen molar-refractivity contribution in [1.82, 2.24) is 14.7 Å². The summed E-state index contributed by atoms with van der Waals surface area (Å²) in [6, 6.07) is 1.63. The molecule has 0 aromatic carbocycles. The molecule has 0 amide bonds. The topological polar surface area (TPSA) is 59.8 Å². The van der Waals surface area contributed by atoms with Gasteiger partial charge in [0.05, 0.1) is 24.4 Å². The first-order valence-corrected chi connectivity index (χ1v) is 6.63. The third-order valence-corrected chi connectivity index (χ3v) is 4.02. The third kappa shape index (κ3) is 1.99. The lowest BCUT2D eigenvalue weighted by molar-refractivity contribution is -0.181. The van der Waals surface area contributed by atoms with Crippen LogP contribution in [0.1, 0.15) is 17.4 Å². The quantitative estimate of drug-likeness (QED) is 0.823. The van der Waals surface area contributed by atoms with Gasteiger partial charge in [-0.25, -0.2) is 0 Å². The molecule has 0 spiro atoms. The van der Waals surface area contributed by atoms with Gasteiger partial charge in [-0.3, -0.25) is 4.68 Å². The third-order valence-electron chi connectivity index (χ3n) is 4.02. The van der Waals surface area contributed by atoms with E-state index in [4.69, 9.17) is 9.47 Å². The van der Waals surface area contributed by atoms with Gasteiger partial charge in [-0.15, -0.1) is 0 Å². The molecule has 0 radical (unpaired) electrons. The van der Waals surface area contributed by atoms with Gasteiger partial charge in [-0.2, -0.15) is 5.10 Å². The normalized spacial score (nSPS) is 38.1. The Hall–Kier alpha value is -0.950. The van der Waals surface area contributed by atoms with E-state index in [0.717, 1.165) is 11.4 Å². The molecule has 3 rings (SSSR count). The number of aliphatic hydroxyl groups excluding tert-OH is 1. The van der Waals surface area contributed by atoms with Crippen molar-refractivity contribution in [2.24, 2.45) is 0 Å². The van der Waals surface area contributed by atoms with E-state index in [-0.39, 0.29) is 18.2 Å². The average Bonchev–Trinajstić information content (AvgIpc) is 2.85. The number of rotatable bonds is 2. The minimum atomic E-state index is -0.556. The molecule has 6 heteroatoms. The first-order valence-electron chi connectivity index (χ1n) is 6.63. The fraction of sp³-hybridized carbons (Fsp3) is 0.769. The second-order valence-electron chi connectivity index (χ2n) is 5.68. The zero-order chi connectivity index (χ0) is 13.7. The monoisotopic (exact) mass is 267 g/mol. The van der Waals surface area contributed by atoms with Crippen molar-refractivity contribution in [2.75, 3.05) is 20.7 Å². The summed E-state index contributed by atoms with van der Waals surface area (Å²) in [7, 11) is 3.91. The smallest absolute Gasteiger partial charge is 0.183 e. The predicted octanol–water partition coefficient (Wildman–Crippen LogP) is 0.0872. The molecule has 2 fully saturated rings. The minimum Gasteiger partial charge on any atom is -0.389 e. The fourth-order valence-electron chi connectivity index (χ4n) is 3.23. The second-order valence-corrected chi connectivity index (χ2v) is 5.68. The van der Waals surface area contributed by atoms with Gasteiger partial charge in [-0.05, 0) is 34.0 Å². The Labute approximate surface area is 112 Å². The van der Waals surface area contributed by atoms with E-state index in [1.54, 1.807) is 0 Å². The highest BCUT2D eigenvalue weighted by Crippen LogP contribution is 2.37. The summed E-state index contributed by atoms with van der Waals surface area (Å²) in [4.78, 5) is 2.00. The summed E-state index contributed by atoms with van der Waals surface area (Å²) in [5, 5.41) is 15.2. The van der Waals surface area contributed by atoms with Crippen LogP contribution in [-0.2, 0) is 9.47 Å². The molecule has 106 valence electrons. The molecule has 2 saturated heterocycles. The van der Waals surface area contributed by atoms with Gasteiger partial charge in [-0.1, -0.05) is 0 Å². The SMILES string of the molecule is Cc1cc(C)n([C@H]2[C@@H]3OC[C@@H](O3)[C@@H](N(C)C)[C@@H]2O)n1. The molecule has 0 saturated carbocycles. The number of hydrogen-bond acceptors (Lipinski definition) is 5. The van der Waals surface area contributed by atoms with Gasteiger partial charge in [0.25, 0.3) is 0 Å². The molecule has 6 nitrogen and oxygen atoms in total. The molecule has 5 atom stereocenters. The standard InChI is InChI=1S/C13H21N3O3/c1-7-5-8(2)16(14-7)11-12(17)10(15(3)4)9-6-18-13(11)19-9/h5,9-13,17H,6H2,1-4H3/t9-,10-,11-,12+,13-/m1/s1. The van der Waals surface area contributed by atoms with E-state index in [9.17, 15) is 5.11 Å². The first-order chi connectivity index (χ1) is 8.99. The Balaban J connectivity index is 1.98. The van der Waals surface area contributed by atoms with Crippen molar-refractivity contribution in [3.63, 3.8) is 0 Å².